The normalized spacial score (nSPS) is 37.5. The molecule has 6 unspecified atom stereocenters. The van der Waals surface area contributed by atoms with Gasteiger partial charge in [-0.15, -0.1) is 11.8 Å². The molecule has 0 radical (unpaired) electrons. The minimum atomic E-state index is 0.134. The van der Waals surface area contributed by atoms with Crippen molar-refractivity contribution >= 4 is 23.6 Å². The zero-order chi connectivity index (χ0) is 18.8. The standard InChI is InChI=1S/C21H36N2O2S/c1-5-9-16-12-20(26-19(16)6-2)21(25)22-13-14(3)23(15(4)24)18-11-8-7-10-17(18)22/h14,16-20H,5-13H2,1-4H3. The lowest BCUT2D eigenvalue weighted by molar-refractivity contribution is -0.152. The van der Waals surface area contributed by atoms with Gasteiger partial charge in [0.05, 0.1) is 17.3 Å². The first-order valence-corrected chi connectivity index (χ1v) is 11.7. The van der Waals surface area contributed by atoms with E-state index < -0.39 is 0 Å². The van der Waals surface area contributed by atoms with Gasteiger partial charge in [-0.25, -0.2) is 0 Å². The molecule has 4 nitrogen and oxygen atoms in total. The average Bonchev–Trinajstić information content (AvgIpc) is 3.03. The van der Waals surface area contributed by atoms with Gasteiger partial charge in [-0.1, -0.05) is 33.1 Å². The van der Waals surface area contributed by atoms with Crippen molar-refractivity contribution in [2.45, 2.75) is 108 Å². The van der Waals surface area contributed by atoms with Crippen LogP contribution in [-0.4, -0.2) is 56.8 Å². The predicted octanol–water partition coefficient (Wildman–Crippen LogP) is 4.08. The Labute approximate surface area is 163 Å². The summed E-state index contributed by atoms with van der Waals surface area (Å²) >= 11 is 1.94. The van der Waals surface area contributed by atoms with Crippen LogP contribution in [0.5, 0.6) is 0 Å². The van der Waals surface area contributed by atoms with Crippen LogP contribution in [0.4, 0.5) is 0 Å². The van der Waals surface area contributed by atoms with Crippen molar-refractivity contribution in [2.24, 2.45) is 5.92 Å². The molecule has 2 aliphatic heterocycles. The molecule has 3 rings (SSSR count). The lowest BCUT2D eigenvalue weighted by Gasteiger charge is -2.53. The number of amides is 2. The van der Waals surface area contributed by atoms with E-state index in [1.807, 2.05) is 11.8 Å². The second kappa shape index (κ2) is 8.53. The Kier molecular flexibility index (Phi) is 6.58. The molecule has 6 atom stereocenters. The summed E-state index contributed by atoms with van der Waals surface area (Å²) in [5, 5.41) is 0.775. The van der Waals surface area contributed by atoms with E-state index in [2.05, 4.69) is 30.6 Å². The van der Waals surface area contributed by atoms with Crippen molar-refractivity contribution in [3.05, 3.63) is 0 Å². The topological polar surface area (TPSA) is 40.6 Å². The Morgan fingerprint density at radius 3 is 2.42 bits per heavy atom. The lowest BCUT2D eigenvalue weighted by atomic mass is 9.84. The van der Waals surface area contributed by atoms with Gasteiger partial charge in [0.25, 0.3) is 0 Å². The molecule has 5 heteroatoms. The summed E-state index contributed by atoms with van der Waals surface area (Å²) in [4.78, 5) is 30.0. The van der Waals surface area contributed by atoms with E-state index in [0.717, 1.165) is 19.3 Å². The van der Waals surface area contributed by atoms with Gasteiger partial charge in [-0.05, 0) is 44.9 Å². The van der Waals surface area contributed by atoms with Gasteiger partial charge < -0.3 is 9.80 Å². The summed E-state index contributed by atoms with van der Waals surface area (Å²) in [6, 6.07) is 0.603. The zero-order valence-corrected chi connectivity index (χ0v) is 17.8. The molecule has 0 aromatic heterocycles. The quantitative estimate of drug-likeness (QED) is 0.738. The number of thioether (sulfide) groups is 1. The molecule has 0 N–H and O–H groups in total. The maximum Gasteiger partial charge on any atom is 0.236 e. The number of rotatable bonds is 4. The summed E-state index contributed by atoms with van der Waals surface area (Å²) in [5.74, 6) is 1.23. The molecule has 3 aliphatic rings. The van der Waals surface area contributed by atoms with E-state index in [0.29, 0.717) is 23.6 Å². The second-order valence-corrected chi connectivity index (χ2v) is 9.99. The van der Waals surface area contributed by atoms with Crippen LogP contribution in [-0.2, 0) is 9.59 Å². The predicted molar refractivity (Wildman–Crippen MR) is 108 cm³/mol. The van der Waals surface area contributed by atoms with Crippen molar-refractivity contribution < 1.29 is 9.59 Å². The molecule has 0 aromatic carbocycles. The first kappa shape index (κ1) is 20.0. The highest BCUT2D eigenvalue weighted by atomic mass is 32.2. The third-order valence-electron chi connectivity index (χ3n) is 6.75. The maximum atomic E-state index is 13.5. The van der Waals surface area contributed by atoms with Crippen molar-refractivity contribution in [1.82, 2.24) is 9.80 Å². The van der Waals surface area contributed by atoms with Crippen LogP contribution < -0.4 is 0 Å². The monoisotopic (exact) mass is 380 g/mol. The van der Waals surface area contributed by atoms with E-state index in [1.165, 1.54) is 32.1 Å². The van der Waals surface area contributed by atoms with Gasteiger partial charge in [0.2, 0.25) is 11.8 Å². The van der Waals surface area contributed by atoms with Gasteiger partial charge in [0.1, 0.15) is 0 Å². The van der Waals surface area contributed by atoms with Crippen molar-refractivity contribution in [1.29, 1.82) is 0 Å². The molecular formula is C21H36N2O2S. The van der Waals surface area contributed by atoms with Gasteiger partial charge in [0, 0.05) is 24.8 Å². The Morgan fingerprint density at radius 2 is 1.81 bits per heavy atom. The zero-order valence-electron chi connectivity index (χ0n) is 16.9. The molecule has 148 valence electrons. The van der Waals surface area contributed by atoms with Crippen molar-refractivity contribution in [3.8, 4) is 0 Å². The highest BCUT2D eigenvalue weighted by Crippen LogP contribution is 2.44. The average molecular weight is 381 g/mol. The van der Waals surface area contributed by atoms with Gasteiger partial charge in [-0.3, -0.25) is 9.59 Å². The van der Waals surface area contributed by atoms with Crippen LogP contribution in [0.2, 0.25) is 0 Å². The van der Waals surface area contributed by atoms with E-state index in [9.17, 15) is 9.59 Å². The highest BCUT2D eigenvalue weighted by molar-refractivity contribution is 8.01. The first-order chi connectivity index (χ1) is 12.5. The molecule has 26 heavy (non-hydrogen) atoms. The lowest BCUT2D eigenvalue weighted by Crippen LogP contribution is -2.67. The van der Waals surface area contributed by atoms with Crippen LogP contribution >= 0.6 is 11.8 Å². The van der Waals surface area contributed by atoms with E-state index >= 15 is 0 Å². The van der Waals surface area contributed by atoms with Crippen LogP contribution in [0.1, 0.15) is 79.1 Å². The number of carbonyl (C=O) groups excluding carboxylic acids is 2. The number of piperazine rings is 1. The minimum absolute atomic E-state index is 0.134. The Balaban J connectivity index is 1.75. The third-order valence-corrected chi connectivity index (χ3v) is 8.54. The third kappa shape index (κ3) is 3.79. The van der Waals surface area contributed by atoms with Gasteiger partial charge in [0.15, 0.2) is 0 Å². The molecule has 0 spiro atoms. The molecule has 2 amide bonds. The van der Waals surface area contributed by atoms with E-state index in [4.69, 9.17) is 0 Å². The SMILES string of the molecule is CCCC1CC(C(=O)N2CC(C)N(C(C)=O)C3CCCCC32)SC1CC. The van der Waals surface area contributed by atoms with Crippen molar-refractivity contribution in [2.75, 3.05) is 6.54 Å². The molecule has 1 aliphatic carbocycles. The molecular weight excluding hydrogens is 344 g/mol. The molecule has 0 bridgehead atoms. The van der Waals surface area contributed by atoms with Crippen molar-refractivity contribution in [3.63, 3.8) is 0 Å². The maximum absolute atomic E-state index is 13.5. The fraction of sp³-hybridized carbons (Fsp3) is 0.905. The van der Waals surface area contributed by atoms with Gasteiger partial charge >= 0.3 is 0 Å². The van der Waals surface area contributed by atoms with Gasteiger partial charge in [-0.2, -0.15) is 0 Å². The van der Waals surface area contributed by atoms with Crippen LogP contribution in [0.3, 0.4) is 0 Å². The summed E-state index contributed by atoms with van der Waals surface area (Å²) < 4.78 is 0. The smallest absolute Gasteiger partial charge is 0.236 e. The van der Waals surface area contributed by atoms with Crippen LogP contribution in [0, 0.1) is 5.92 Å². The Morgan fingerprint density at radius 1 is 1.12 bits per heavy atom. The molecule has 0 aromatic rings. The van der Waals surface area contributed by atoms with Crippen LogP contribution in [0.25, 0.3) is 0 Å². The fourth-order valence-corrected chi connectivity index (χ4v) is 7.36. The number of hydrogen-bond acceptors (Lipinski definition) is 3. The highest BCUT2D eigenvalue weighted by Gasteiger charge is 2.47. The second-order valence-electron chi connectivity index (χ2n) is 8.54. The summed E-state index contributed by atoms with van der Waals surface area (Å²) in [6.45, 7) is 9.03. The number of fused-ring (bicyclic) bond motifs is 1. The molecule has 2 saturated heterocycles. The van der Waals surface area contributed by atoms with Crippen LogP contribution in [0.15, 0.2) is 0 Å². The van der Waals surface area contributed by atoms with E-state index in [-0.39, 0.29) is 29.3 Å². The Hall–Kier alpha value is -0.710. The fourth-order valence-electron chi connectivity index (χ4n) is 5.66. The molecule has 1 saturated carbocycles. The molecule has 3 fully saturated rings. The summed E-state index contributed by atoms with van der Waals surface area (Å²) in [5.41, 5.74) is 0. The largest absolute Gasteiger partial charge is 0.335 e. The molecule has 2 heterocycles. The number of hydrogen-bond donors (Lipinski definition) is 0. The number of carbonyl (C=O) groups is 2. The minimum Gasteiger partial charge on any atom is -0.335 e. The summed E-state index contributed by atoms with van der Waals surface area (Å²) in [6.07, 6.45) is 9.13. The Bertz CT molecular complexity index is 526. The first-order valence-electron chi connectivity index (χ1n) is 10.7. The van der Waals surface area contributed by atoms with E-state index in [1.54, 1.807) is 6.92 Å². The summed E-state index contributed by atoms with van der Waals surface area (Å²) in [7, 11) is 0. The number of nitrogens with zero attached hydrogens (tertiary/aromatic N) is 2.